The van der Waals surface area contributed by atoms with Crippen LogP contribution in [0.1, 0.15) is 30.4 Å². The van der Waals surface area contributed by atoms with Gasteiger partial charge >= 0.3 is 5.97 Å². The van der Waals surface area contributed by atoms with E-state index in [0.717, 1.165) is 11.1 Å². The summed E-state index contributed by atoms with van der Waals surface area (Å²) in [7, 11) is 0. The third-order valence-electron chi connectivity index (χ3n) is 4.70. The highest BCUT2D eigenvalue weighted by molar-refractivity contribution is 5.95. The van der Waals surface area contributed by atoms with Gasteiger partial charge in [-0.3, -0.25) is 19.7 Å². The molecule has 0 aliphatic carbocycles. The fourth-order valence-electron chi connectivity index (χ4n) is 3.32. The zero-order valence-electron chi connectivity index (χ0n) is 15.2. The van der Waals surface area contributed by atoms with Crippen molar-refractivity contribution in [2.75, 3.05) is 10.6 Å². The third kappa shape index (κ3) is 4.85. The van der Waals surface area contributed by atoms with E-state index in [1.165, 1.54) is 6.07 Å². The Morgan fingerprint density at radius 2 is 2.00 bits per heavy atom. The van der Waals surface area contributed by atoms with Crippen LogP contribution in [-0.2, 0) is 22.4 Å². The predicted molar refractivity (Wildman–Crippen MR) is 104 cm³/mol. The number of rotatable bonds is 8. The smallest absolute Gasteiger partial charge is 0.303 e. The zero-order chi connectivity index (χ0) is 20.1. The lowest BCUT2D eigenvalue weighted by molar-refractivity contribution is -0.384. The maximum absolute atomic E-state index is 11.7. The van der Waals surface area contributed by atoms with Gasteiger partial charge in [0.15, 0.2) is 0 Å². The average molecular weight is 383 g/mol. The Morgan fingerprint density at radius 3 is 2.68 bits per heavy atom. The molecule has 0 saturated heterocycles. The van der Waals surface area contributed by atoms with E-state index in [2.05, 4.69) is 10.6 Å². The lowest BCUT2D eigenvalue weighted by atomic mass is 9.99. The first-order valence-corrected chi connectivity index (χ1v) is 9.06. The number of carboxylic acid groups (broad SMARTS) is 1. The minimum absolute atomic E-state index is 0.0556. The summed E-state index contributed by atoms with van der Waals surface area (Å²) in [4.78, 5) is 33.8. The average Bonchev–Trinajstić information content (AvgIpc) is 2.66. The number of carbonyl (C=O) groups is 2. The second-order valence-electron chi connectivity index (χ2n) is 6.80. The van der Waals surface area contributed by atoms with Crippen LogP contribution in [0.4, 0.5) is 17.1 Å². The highest BCUT2D eigenvalue weighted by Gasteiger charge is 2.24. The number of amides is 1. The Bertz CT molecular complexity index is 898. The van der Waals surface area contributed by atoms with Gasteiger partial charge in [-0.25, -0.2) is 0 Å². The van der Waals surface area contributed by atoms with E-state index in [9.17, 15) is 19.7 Å². The topological polar surface area (TPSA) is 122 Å². The number of aliphatic carboxylic acids is 1. The molecule has 1 aliphatic rings. The van der Waals surface area contributed by atoms with Crippen LogP contribution in [0.3, 0.4) is 0 Å². The highest BCUT2D eigenvalue weighted by Crippen LogP contribution is 2.35. The van der Waals surface area contributed by atoms with Gasteiger partial charge in [0.05, 0.1) is 4.92 Å². The van der Waals surface area contributed by atoms with Crippen LogP contribution < -0.4 is 10.6 Å². The molecular weight excluding hydrogens is 362 g/mol. The normalized spacial score (nSPS) is 13.9. The molecule has 0 radical (unpaired) electrons. The number of nitro groups is 1. The second kappa shape index (κ2) is 8.51. The first kappa shape index (κ1) is 19.3. The number of benzene rings is 2. The standard InChI is InChI=1S/C20H21N3O5/c24-19-8-6-14-11-18(23(27)28)17(12-16(14)22-19)21-15(7-9-20(25)26)10-13-4-2-1-3-5-13/h1-5,11-12,15,21H,6-10H2,(H,22,24)(H,25,26). The third-order valence-corrected chi connectivity index (χ3v) is 4.70. The molecule has 1 amide bonds. The fourth-order valence-corrected chi connectivity index (χ4v) is 3.32. The second-order valence-corrected chi connectivity index (χ2v) is 6.80. The van der Waals surface area contributed by atoms with Crippen LogP contribution in [0.15, 0.2) is 42.5 Å². The van der Waals surface area contributed by atoms with E-state index in [0.29, 0.717) is 31.4 Å². The van der Waals surface area contributed by atoms with E-state index in [-0.39, 0.29) is 29.7 Å². The van der Waals surface area contributed by atoms with Gasteiger partial charge < -0.3 is 15.7 Å². The van der Waals surface area contributed by atoms with Crippen molar-refractivity contribution in [3.05, 3.63) is 63.7 Å². The number of carboxylic acids is 1. The molecule has 0 aromatic heterocycles. The van der Waals surface area contributed by atoms with Crippen molar-refractivity contribution in [1.82, 2.24) is 0 Å². The highest BCUT2D eigenvalue weighted by atomic mass is 16.6. The number of anilines is 2. The number of nitrogens with zero attached hydrogens (tertiary/aromatic N) is 1. The number of fused-ring (bicyclic) bond motifs is 1. The van der Waals surface area contributed by atoms with Gasteiger partial charge in [-0.1, -0.05) is 30.3 Å². The quantitative estimate of drug-likeness (QED) is 0.475. The van der Waals surface area contributed by atoms with Crippen LogP contribution in [0.2, 0.25) is 0 Å². The molecule has 2 aromatic rings. The van der Waals surface area contributed by atoms with Gasteiger partial charge in [-0.15, -0.1) is 0 Å². The van der Waals surface area contributed by atoms with E-state index >= 15 is 0 Å². The molecule has 0 saturated carbocycles. The van der Waals surface area contributed by atoms with Gasteiger partial charge in [-0.2, -0.15) is 0 Å². The molecule has 1 heterocycles. The number of nitro benzene ring substituents is 1. The van der Waals surface area contributed by atoms with Crippen molar-refractivity contribution in [1.29, 1.82) is 0 Å². The van der Waals surface area contributed by atoms with Crippen molar-refractivity contribution >= 4 is 28.9 Å². The Balaban J connectivity index is 1.89. The van der Waals surface area contributed by atoms with Crippen LogP contribution in [0, 0.1) is 10.1 Å². The Hall–Kier alpha value is -3.42. The maximum atomic E-state index is 11.7. The summed E-state index contributed by atoms with van der Waals surface area (Å²) in [5.41, 5.74) is 2.47. The fraction of sp³-hybridized carbons (Fsp3) is 0.300. The zero-order valence-corrected chi connectivity index (χ0v) is 15.2. The molecule has 8 nitrogen and oxygen atoms in total. The molecule has 146 valence electrons. The Kier molecular flexibility index (Phi) is 5.88. The summed E-state index contributed by atoms with van der Waals surface area (Å²) < 4.78 is 0. The molecule has 0 spiro atoms. The molecular formula is C20H21N3O5. The van der Waals surface area contributed by atoms with E-state index in [4.69, 9.17) is 5.11 Å². The predicted octanol–water partition coefficient (Wildman–Crippen LogP) is 3.37. The van der Waals surface area contributed by atoms with Crippen molar-refractivity contribution in [3.63, 3.8) is 0 Å². The first-order valence-electron chi connectivity index (χ1n) is 9.06. The maximum Gasteiger partial charge on any atom is 0.303 e. The number of hydrogen-bond acceptors (Lipinski definition) is 5. The number of nitrogens with one attached hydrogen (secondary N) is 2. The van der Waals surface area contributed by atoms with Gasteiger partial charge in [-0.05, 0) is 36.5 Å². The largest absolute Gasteiger partial charge is 0.481 e. The molecule has 1 aliphatic heterocycles. The van der Waals surface area contributed by atoms with Crippen LogP contribution in [0.25, 0.3) is 0 Å². The van der Waals surface area contributed by atoms with Crippen LogP contribution in [-0.4, -0.2) is 27.9 Å². The van der Waals surface area contributed by atoms with E-state index < -0.39 is 10.9 Å². The molecule has 0 fully saturated rings. The molecule has 3 rings (SSSR count). The van der Waals surface area contributed by atoms with Crippen molar-refractivity contribution in [2.24, 2.45) is 0 Å². The van der Waals surface area contributed by atoms with Gasteiger partial charge in [0.2, 0.25) is 5.91 Å². The summed E-state index contributed by atoms with van der Waals surface area (Å²) in [6.45, 7) is 0. The molecule has 1 unspecified atom stereocenters. The molecule has 8 heteroatoms. The SMILES string of the molecule is O=C(O)CCC(Cc1ccccc1)Nc1cc2c(cc1[N+](=O)[O-])CCC(=O)N2. The Labute approximate surface area is 161 Å². The molecule has 0 bridgehead atoms. The van der Waals surface area contributed by atoms with Crippen molar-refractivity contribution in [3.8, 4) is 0 Å². The van der Waals surface area contributed by atoms with Gasteiger partial charge in [0, 0.05) is 30.6 Å². The van der Waals surface area contributed by atoms with Gasteiger partial charge in [0.25, 0.3) is 5.69 Å². The number of hydrogen-bond donors (Lipinski definition) is 3. The Morgan fingerprint density at radius 1 is 1.25 bits per heavy atom. The minimum atomic E-state index is -0.924. The van der Waals surface area contributed by atoms with Crippen molar-refractivity contribution < 1.29 is 19.6 Å². The number of aryl methyl sites for hydroxylation is 1. The van der Waals surface area contributed by atoms with Crippen LogP contribution >= 0.6 is 0 Å². The summed E-state index contributed by atoms with van der Waals surface area (Å²) in [6.07, 6.45) is 1.53. The van der Waals surface area contributed by atoms with Gasteiger partial charge in [0.1, 0.15) is 5.69 Å². The summed E-state index contributed by atoms with van der Waals surface area (Å²) in [5, 5.41) is 26.5. The summed E-state index contributed by atoms with van der Waals surface area (Å²) >= 11 is 0. The lowest BCUT2D eigenvalue weighted by Crippen LogP contribution is -2.25. The molecule has 28 heavy (non-hydrogen) atoms. The molecule has 2 aromatic carbocycles. The molecule has 3 N–H and O–H groups in total. The summed E-state index contributed by atoms with van der Waals surface area (Å²) in [5.74, 6) is -1.05. The first-order chi connectivity index (χ1) is 13.4. The van der Waals surface area contributed by atoms with E-state index in [1.54, 1.807) is 6.07 Å². The monoisotopic (exact) mass is 383 g/mol. The summed E-state index contributed by atoms with van der Waals surface area (Å²) in [6, 6.07) is 12.3. The number of carbonyl (C=O) groups excluding carboxylic acids is 1. The minimum Gasteiger partial charge on any atom is -0.481 e. The lowest BCUT2D eigenvalue weighted by Gasteiger charge is -2.22. The van der Waals surface area contributed by atoms with Crippen molar-refractivity contribution in [2.45, 2.75) is 38.1 Å². The van der Waals surface area contributed by atoms with E-state index in [1.807, 2.05) is 30.3 Å². The van der Waals surface area contributed by atoms with Crippen LogP contribution in [0.5, 0.6) is 0 Å². The molecule has 1 atom stereocenters.